The van der Waals surface area contributed by atoms with Crippen LogP contribution in [0.1, 0.15) is 33.4 Å². The monoisotopic (exact) mass is 259 g/mol. The van der Waals surface area contributed by atoms with Crippen LogP contribution < -0.4 is 5.32 Å². The minimum atomic E-state index is 0.392. The van der Waals surface area contributed by atoms with E-state index < -0.39 is 0 Å². The van der Waals surface area contributed by atoms with E-state index in [9.17, 15) is 0 Å². The quantitative estimate of drug-likeness (QED) is 0.920. The van der Waals surface area contributed by atoms with Gasteiger partial charge in [-0.15, -0.1) is 0 Å². The topological polar surface area (TPSA) is 55.1 Å². The van der Waals surface area contributed by atoms with Gasteiger partial charge in [0, 0.05) is 18.3 Å². The normalized spacial score (nSPS) is 20.7. The smallest absolute Gasteiger partial charge is 0.254 e. The molecule has 2 aromatic heterocycles. The molecule has 0 amide bonds. The highest BCUT2D eigenvalue weighted by molar-refractivity contribution is 5.45. The maximum atomic E-state index is 4.35. The maximum absolute atomic E-state index is 4.35. The first-order chi connectivity index (χ1) is 8.84. The van der Waals surface area contributed by atoms with Gasteiger partial charge in [-0.05, 0) is 23.7 Å². The van der Waals surface area contributed by atoms with E-state index in [1.807, 2.05) is 13.0 Å². The van der Waals surface area contributed by atoms with Crippen molar-refractivity contribution in [3.05, 3.63) is 18.1 Å². The zero-order valence-corrected chi connectivity index (χ0v) is 12.2. The number of nitrogens with zero attached hydrogens (tertiary/aromatic N) is 4. The van der Waals surface area contributed by atoms with Crippen LogP contribution in [0.25, 0.3) is 5.78 Å². The van der Waals surface area contributed by atoms with Crippen LogP contribution in [-0.2, 0) is 0 Å². The average molecular weight is 259 g/mol. The minimum absolute atomic E-state index is 0.392. The molecule has 1 N–H and O–H groups in total. The molecule has 0 saturated heterocycles. The second-order valence-corrected chi connectivity index (χ2v) is 6.63. The average Bonchev–Trinajstić information content (AvgIpc) is 2.70. The van der Waals surface area contributed by atoms with Crippen molar-refractivity contribution in [2.45, 2.75) is 34.6 Å². The Bertz CT molecular complexity index is 612. The summed E-state index contributed by atoms with van der Waals surface area (Å²) in [6.45, 7) is 12.3. The first-order valence-corrected chi connectivity index (χ1v) is 6.75. The second-order valence-electron chi connectivity index (χ2n) is 6.63. The summed E-state index contributed by atoms with van der Waals surface area (Å²) in [7, 11) is 0. The Morgan fingerprint density at radius 1 is 1.26 bits per heavy atom. The number of hydrogen-bond acceptors (Lipinski definition) is 4. The lowest BCUT2D eigenvalue weighted by Gasteiger charge is -2.09. The molecular weight excluding hydrogens is 238 g/mol. The Kier molecular flexibility index (Phi) is 2.40. The number of anilines is 1. The molecule has 5 heteroatoms. The molecule has 0 atom stereocenters. The molecule has 19 heavy (non-hydrogen) atoms. The highest BCUT2D eigenvalue weighted by Crippen LogP contribution is 2.68. The molecule has 1 fully saturated rings. The largest absolute Gasteiger partial charge is 0.370 e. The summed E-state index contributed by atoms with van der Waals surface area (Å²) in [4.78, 5) is 8.49. The van der Waals surface area contributed by atoms with Gasteiger partial charge in [0.15, 0.2) is 0 Å². The summed E-state index contributed by atoms with van der Waals surface area (Å²) in [5, 5.41) is 7.72. The Morgan fingerprint density at radius 3 is 2.58 bits per heavy atom. The van der Waals surface area contributed by atoms with Crippen molar-refractivity contribution in [1.82, 2.24) is 19.6 Å². The third kappa shape index (κ3) is 1.71. The molecule has 0 aromatic carbocycles. The molecule has 2 heterocycles. The molecule has 0 bridgehead atoms. The molecule has 3 rings (SSSR count). The number of aryl methyl sites for hydroxylation is 1. The fourth-order valence-corrected chi connectivity index (χ4v) is 3.11. The van der Waals surface area contributed by atoms with Crippen LogP contribution in [0.4, 0.5) is 5.82 Å². The van der Waals surface area contributed by atoms with Crippen molar-refractivity contribution in [2.24, 2.45) is 16.7 Å². The van der Waals surface area contributed by atoms with Crippen LogP contribution in [0, 0.1) is 23.7 Å². The second kappa shape index (κ2) is 3.68. The van der Waals surface area contributed by atoms with Gasteiger partial charge >= 0.3 is 0 Å². The summed E-state index contributed by atoms with van der Waals surface area (Å²) in [5.41, 5.74) is 1.74. The lowest BCUT2D eigenvalue weighted by Crippen LogP contribution is -2.12. The summed E-state index contributed by atoms with van der Waals surface area (Å²) in [6.07, 6.45) is 1.54. The molecule has 0 unspecified atom stereocenters. The predicted molar refractivity (Wildman–Crippen MR) is 75.1 cm³/mol. The van der Waals surface area contributed by atoms with Gasteiger partial charge in [-0.3, -0.25) is 0 Å². The fraction of sp³-hybridized carbons (Fsp3) is 0.643. The lowest BCUT2D eigenvalue weighted by atomic mass is 10.0. The molecule has 102 valence electrons. The molecule has 0 spiro atoms. The van der Waals surface area contributed by atoms with E-state index in [0.717, 1.165) is 18.1 Å². The number of nitrogens with one attached hydrogen (secondary N) is 1. The van der Waals surface area contributed by atoms with Gasteiger partial charge in [0.2, 0.25) is 0 Å². The predicted octanol–water partition coefficient (Wildman–Crippen LogP) is 2.53. The lowest BCUT2D eigenvalue weighted by molar-refractivity contribution is 0.457. The summed E-state index contributed by atoms with van der Waals surface area (Å²) in [5.74, 6) is 2.29. The van der Waals surface area contributed by atoms with E-state index in [1.165, 1.54) is 6.33 Å². The van der Waals surface area contributed by atoms with Gasteiger partial charge in [-0.2, -0.15) is 14.6 Å². The van der Waals surface area contributed by atoms with Gasteiger partial charge in [0.25, 0.3) is 5.78 Å². The minimum Gasteiger partial charge on any atom is -0.370 e. The Hall–Kier alpha value is -1.65. The van der Waals surface area contributed by atoms with Gasteiger partial charge in [0.05, 0.1) is 0 Å². The molecule has 1 saturated carbocycles. The zero-order chi connectivity index (χ0) is 13.8. The van der Waals surface area contributed by atoms with Crippen LogP contribution in [0.5, 0.6) is 0 Å². The van der Waals surface area contributed by atoms with Crippen molar-refractivity contribution in [3.8, 4) is 0 Å². The van der Waals surface area contributed by atoms with Gasteiger partial charge in [-0.1, -0.05) is 27.7 Å². The van der Waals surface area contributed by atoms with E-state index in [0.29, 0.717) is 22.5 Å². The van der Waals surface area contributed by atoms with E-state index in [1.54, 1.807) is 4.52 Å². The van der Waals surface area contributed by atoms with Gasteiger partial charge < -0.3 is 5.32 Å². The first kappa shape index (κ1) is 12.4. The highest BCUT2D eigenvalue weighted by atomic mass is 15.3. The van der Waals surface area contributed by atoms with Crippen molar-refractivity contribution in [2.75, 3.05) is 11.9 Å². The Labute approximate surface area is 113 Å². The SMILES string of the molecule is Cc1cc(NCC2C(C)(C)C2(C)C)n2ncnc2n1. The third-order valence-electron chi connectivity index (χ3n) is 5.19. The summed E-state index contributed by atoms with van der Waals surface area (Å²) in [6, 6.07) is 2.02. The van der Waals surface area contributed by atoms with Crippen molar-refractivity contribution in [3.63, 3.8) is 0 Å². The van der Waals surface area contributed by atoms with Crippen LogP contribution in [0.2, 0.25) is 0 Å². The van der Waals surface area contributed by atoms with Crippen LogP contribution in [0.3, 0.4) is 0 Å². The number of fused-ring (bicyclic) bond motifs is 1. The number of hydrogen-bond donors (Lipinski definition) is 1. The first-order valence-electron chi connectivity index (χ1n) is 6.75. The van der Waals surface area contributed by atoms with Crippen molar-refractivity contribution < 1.29 is 0 Å². The standard InChI is InChI=1S/C14H21N5/c1-9-6-11(19-12(18-9)16-8-17-19)15-7-10-13(2,3)14(10,4)5/h6,8,10,15H,7H2,1-5H3. The molecule has 5 nitrogen and oxygen atoms in total. The van der Waals surface area contributed by atoms with Crippen LogP contribution in [-0.4, -0.2) is 26.1 Å². The molecule has 2 aromatic rings. The van der Waals surface area contributed by atoms with Gasteiger partial charge in [0.1, 0.15) is 12.1 Å². The number of rotatable bonds is 3. The summed E-state index contributed by atoms with van der Waals surface area (Å²) >= 11 is 0. The molecule has 1 aliphatic rings. The molecule has 0 aliphatic heterocycles. The Morgan fingerprint density at radius 2 is 1.95 bits per heavy atom. The van der Waals surface area contributed by atoms with E-state index in [2.05, 4.69) is 48.1 Å². The summed E-state index contributed by atoms with van der Waals surface area (Å²) < 4.78 is 1.76. The van der Waals surface area contributed by atoms with E-state index >= 15 is 0 Å². The van der Waals surface area contributed by atoms with Gasteiger partial charge in [-0.25, -0.2) is 4.98 Å². The van der Waals surface area contributed by atoms with Crippen LogP contribution in [0.15, 0.2) is 12.4 Å². The van der Waals surface area contributed by atoms with E-state index in [4.69, 9.17) is 0 Å². The number of aromatic nitrogens is 4. The fourth-order valence-electron chi connectivity index (χ4n) is 3.11. The highest BCUT2D eigenvalue weighted by Gasteiger charge is 2.64. The van der Waals surface area contributed by atoms with Crippen molar-refractivity contribution >= 4 is 11.6 Å². The zero-order valence-electron chi connectivity index (χ0n) is 12.2. The van der Waals surface area contributed by atoms with Crippen LogP contribution >= 0.6 is 0 Å². The van der Waals surface area contributed by atoms with Crippen molar-refractivity contribution in [1.29, 1.82) is 0 Å². The molecule has 1 aliphatic carbocycles. The van der Waals surface area contributed by atoms with E-state index in [-0.39, 0.29) is 0 Å². The third-order valence-corrected chi connectivity index (χ3v) is 5.19. The maximum Gasteiger partial charge on any atom is 0.254 e. The molecule has 0 radical (unpaired) electrons. The Balaban J connectivity index is 1.82. The molecular formula is C14H21N5.